The molecule has 0 fully saturated rings. The molecule has 2 heterocycles. The summed E-state index contributed by atoms with van der Waals surface area (Å²) >= 11 is 2.67. The number of carboxylic acids is 1. The van der Waals surface area contributed by atoms with Gasteiger partial charge in [-0.05, 0) is 11.4 Å². The summed E-state index contributed by atoms with van der Waals surface area (Å²) in [5.74, 6) is -0.889. The van der Waals surface area contributed by atoms with Crippen molar-refractivity contribution in [1.82, 2.24) is 4.98 Å². The molecule has 0 bridgehead atoms. The van der Waals surface area contributed by atoms with E-state index in [0.29, 0.717) is 10.4 Å². The van der Waals surface area contributed by atoms with Gasteiger partial charge in [0.1, 0.15) is 9.88 Å². The van der Waals surface area contributed by atoms with Crippen LogP contribution in [0.5, 0.6) is 0 Å². The second-order valence-electron chi connectivity index (χ2n) is 2.31. The Labute approximate surface area is 82.3 Å². The van der Waals surface area contributed by atoms with Crippen molar-refractivity contribution >= 4 is 28.6 Å². The molecule has 2 aromatic rings. The highest BCUT2D eigenvalue weighted by Gasteiger charge is 2.14. The van der Waals surface area contributed by atoms with Crippen LogP contribution in [0.1, 0.15) is 9.67 Å². The van der Waals surface area contributed by atoms with Crippen LogP contribution in [0.15, 0.2) is 23.0 Å². The summed E-state index contributed by atoms with van der Waals surface area (Å²) in [5, 5.41) is 13.2. The molecule has 0 saturated carbocycles. The molecule has 0 aliphatic carbocycles. The third-order valence-electron chi connectivity index (χ3n) is 1.52. The molecule has 66 valence electrons. The second-order valence-corrected chi connectivity index (χ2v) is 4.12. The molecule has 1 N–H and O–H groups in total. The fraction of sp³-hybridized carbons (Fsp3) is 0. The number of nitrogens with zero attached hydrogens (tertiary/aromatic N) is 1. The van der Waals surface area contributed by atoms with Crippen LogP contribution in [-0.2, 0) is 0 Å². The summed E-state index contributed by atoms with van der Waals surface area (Å²) in [7, 11) is 0. The lowest BCUT2D eigenvalue weighted by atomic mass is 10.3. The predicted molar refractivity (Wildman–Crippen MR) is 52.4 cm³/mol. The molecule has 2 rings (SSSR count). The van der Waals surface area contributed by atoms with Crippen molar-refractivity contribution < 1.29 is 9.90 Å². The third kappa shape index (κ3) is 1.48. The van der Waals surface area contributed by atoms with Crippen molar-refractivity contribution in [3.05, 3.63) is 27.9 Å². The standard InChI is InChI=1S/C8H5NO2S2/c10-8(11)6-5(1-3-12-6)7-9-2-4-13-7/h1-4H,(H,10,11). The fourth-order valence-electron chi connectivity index (χ4n) is 1.000. The Bertz CT molecular complexity index is 419. The Hall–Kier alpha value is -1.20. The Balaban J connectivity index is 2.52. The number of carboxylic acid groups (broad SMARTS) is 1. The van der Waals surface area contributed by atoms with Crippen molar-refractivity contribution in [2.24, 2.45) is 0 Å². The first-order chi connectivity index (χ1) is 6.29. The lowest BCUT2D eigenvalue weighted by molar-refractivity contribution is 0.0703. The lowest BCUT2D eigenvalue weighted by Crippen LogP contribution is -1.93. The van der Waals surface area contributed by atoms with Gasteiger partial charge in [0, 0.05) is 17.1 Å². The zero-order valence-corrected chi connectivity index (χ0v) is 8.06. The summed E-state index contributed by atoms with van der Waals surface area (Å²) < 4.78 is 0. The molecule has 3 nitrogen and oxygen atoms in total. The van der Waals surface area contributed by atoms with Crippen LogP contribution < -0.4 is 0 Å². The molecule has 0 aromatic carbocycles. The molecule has 2 aromatic heterocycles. The van der Waals surface area contributed by atoms with E-state index >= 15 is 0 Å². The average molecular weight is 211 g/mol. The number of hydrogen-bond acceptors (Lipinski definition) is 4. The van der Waals surface area contributed by atoms with E-state index in [1.165, 1.54) is 22.7 Å². The Morgan fingerprint density at radius 2 is 2.23 bits per heavy atom. The highest BCUT2D eigenvalue weighted by molar-refractivity contribution is 7.15. The van der Waals surface area contributed by atoms with Crippen LogP contribution in [0.3, 0.4) is 0 Å². The van der Waals surface area contributed by atoms with Crippen molar-refractivity contribution in [1.29, 1.82) is 0 Å². The Morgan fingerprint density at radius 1 is 1.38 bits per heavy atom. The zero-order chi connectivity index (χ0) is 9.26. The van der Waals surface area contributed by atoms with Gasteiger partial charge in [0.25, 0.3) is 0 Å². The first kappa shape index (κ1) is 8.40. The monoisotopic (exact) mass is 211 g/mol. The predicted octanol–water partition coefficient (Wildman–Crippen LogP) is 2.57. The van der Waals surface area contributed by atoms with Gasteiger partial charge in [-0.3, -0.25) is 0 Å². The molecule has 0 atom stereocenters. The van der Waals surface area contributed by atoms with Crippen molar-refractivity contribution in [2.75, 3.05) is 0 Å². The summed E-state index contributed by atoms with van der Waals surface area (Å²) in [5.41, 5.74) is 0.715. The molecule has 13 heavy (non-hydrogen) atoms. The van der Waals surface area contributed by atoms with Gasteiger partial charge < -0.3 is 5.11 Å². The molecule has 0 aliphatic rings. The van der Waals surface area contributed by atoms with E-state index in [0.717, 1.165) is 5.01 Å². The van der Waals surface area contributed by atoms with Gasteiger partial charge in [-0.2, -0.15) is 0 Å². The van der Waals surface area contributed by atoms with E-state index in [1.54, 1.807) is 17.6 Å². The van der Waals surface area contributed by atoms with Crippen molar-refractivity contribution in [2.45, 2.75) is 0 Å². The van der Waals surface area contributed by atoms with Crippen molar-refractivity contribution in [3.63, 3.8) is 0 Å². The van der Waals surface area contributed by atoms with Crippen LogP contribution in [0.25, 0.3) is 10.6 Å². The molecule has 0 amide bonds. The van der Waals surface area contributed by atoms with E-state index in [-0.39, 0.29) is 0 Å². The summed E-state index contributed by atoms with van der Waals surface area (Å²) in [6.45, 7) is 0. The fourth-order valence-corrected chi connectivity index (χ4v) is 2.47. The Kier molecular flexibility index (Phi) is 2.12. The van der Waals surface area contributed by atoms with E-state index in [9.17, 15) is 4.79 Å². The summed E-state index contributed by atoms with van der Waals surface area (Å²) in [6, 6.07) is 1.78. The quantitative estimate of drug-likeness (QED) is 0.830. The maximum atomic E-state index is 10.8. The lowest BCUT2D eigenvalue weighted by Gasteiger charge is -1.92. The van der Waals surface area contributed by atoms with Gasteiger partial charge in [0.05, 0.1) is 0 Å². The average Bonchev–Trinajstić information content (AvgIpc) is 2.74. The topological polar surface area (TPSA) is 50.2 Å². The Morgan fingerprint density at radius 3 is 2.85 bits per heavy atom. The minimum Gasteiger partial charge on any atom is -0.477 e. The van der Waals surface area contributed by atoms with Crippen LogP contribution in [0.2, 0.25) is 0 Å². The minimum absolute atomic E-state index is 0.356. The maximum absolute atomic E-state index is 10.8. The highest BCUT2D eigenvalue weighted by atomic mass is 32.1. The van der Waals surface area contributed by atoms with E-state index in [4.69, 9.17) is 5.11 Å². The molecule has 0 unspecified atom stereocenters. The van der Waals surface area contributed by atoms with Gasteiger partial charge in [0.2, 0.25) is 0 Å². The molecule has 0 saturated heterocycles. The van der Waals surface area contributed by atoms with E-state index in [2.05, 4.69) is 4.98 Å². The number of thiophene rings is 1. The van der Waals surface area contributed by atoms with Crippen LogP contribution in [-0.4, -0.2) is 16.1 Å². The van der Waals surface area contributed by atoms with E-state index < -0.39 is 5.97 Å². The molecule has 0 aliphatic heterocycles. The first-order valence-electron chi connectivity index (χ1n) is 3.49. The van der Waals surface area contributed by atoms with Crippen LogP contribution in [0, 0.1) is 0 Å². The van der Waals surface area contributed by atoms with Crippen LogP contribution in [0.4, 0.5) is 0 Å². The first-order valence-corrected chi connectivity index (χ1v) is 5.25. The smallest absolute Gasteiger partial charge is 0.346 e. The summed E-state index contributed by atoms with van der Waals surface area (Å²) in [4.78, 5) is 15.2. The van der Waals surface area contributed by atoms with Crippen LogP contribution >= 0.6 is 22.7 Å². The number of carbonyl (C=O) groups is 1. The highest BCUT2D eigenvalue weighted by Crippen LogP contribution is 2.29. The number of rotatable bonds is 2. The molecule has 0 radical (unpaired) electrons. The summed E-state index contributed by atoms with van der Waals surface area (Å²) in [6.07, 6.45) is 1.67. The maximum Gasteiger partial charge on any atom is 0.346 e. The number of thiazole rings is 1. The minimum atomic E-state index is -0.889. The zero-order valence-electron chi connectivity index (χ0n) is 6.43. The van der Waals surface area contributed by atoms with Crippen molar-refractivity contribution in [3.8, 4) is 10.6 Å². The normalized spacial score (nSPS) is 10.2. The number of hydrogen-bond donors (Lipinski definition) is 1. The third-order valence-corrected chi connectivity index (χ3v) is 3.23. The van der Waals surface area contributed by atoms with Gasteiger partial charge in [-0.1, -0.05) is 0 Å². The second kappa shape index (κ2) is 3.27. The number of aromatic carboxylic acids is 1. The van der Waals surface area contributed by atoms with Gasteiger partial charge in [0.15, 0.2) is 0 Å². The van der Waals surface area contributed by atoms with Gasteiger partial charge in [-0.25, -0.2) is 9.78 Å². The molecular weight excluding hydrogens is 206 g/mol. The molecular formula is C8H5NO2S2. The molecule has 0 spiro atoms. The molecule has 5 heteroatoms. The SMILES string of the molecule is O=C(O)c1sccc1-c1nccs1. The van der Waals surface area contributed by atoms with Gasteiger partial charge in [-0.15, -0.1) is 22.7 Å². The van der Waals surface area contributed by atoms with Gasteiger partial charge >= 0.3 is 5.97 Å². The number of aromatic nitrogens is 1. The largest absolute Gasteiger partial charge is 0.477 e. The van der Waals surface area contributed by atoms with E-state index in [1.807, 2.05) is 5.38 Å².